The Hall–Kier alpha value is -1.14. The number of hydrogen-bond acceptors (Lipinski definition) is 9. The summed E-state index contributed by atoms with van der Waals surface area (Å²) in [6.07, 6.45) is -0.717. The SMILES string of the molecule is Nc1ccnn2c(CC(CO)OCP(=O)(O)OP(=O)(O)OP(=O)(O)O)ccc12. The number of phosphoric acid groups is 2. The zero-order valence-electron chi connectivity index (χ0n) is 14.0. The van der Waals surface area contributed by atoms with Gasteiger partial charge in [0, 0.05) is 18.3 Å². The van der Waals surface area contributed by atoms with Crippen LogP contribution in [0.3, 0.4) is 0 Å². The normalized spacial score (nSPS) is 17.9. The predicted octanol–water partition coefficient (Wildman–Crippen LogP) is 0.206. The molecular weight excluding hydrogens is 443 g/mol. The van der Waals surface area contributed by atoms with Gasteiger partial charge in [-0.1, -0.05) is 0 Å². The summed E-state index contributed by atoms with van der Waals surface area (Å²) in [4.78, 5) is 35.6. The zero-order chi connectivity index (χ0) is 21.2. The fourth-order valence-electron chi connectivity index (χ4n) is 2.19. The van der Waals surface area contributed by atoms with Gasteiger partial charge >= 0.3 is 23.2 Å². The molecule has 0 amide bonds. The van der Waals surface area contributed by atoms with E-state index >= 15 is 0 Å². The summed E-state index contributed by atoms with van der Waals surface area (Å²) in [7, 11) is -16.0. The fraction of sp³-hybridized carbons (Fsp3) is 0.364. The van der Waals surface area contributed by atoms with Crippen molar-refractivity contribution in [2.24, 2.45) is 0 Å². The Kier molecular flexibility index (Phi) is 7.19. The van der Waals surface area contributed by atoms with Crippen molar-refractivity contribution >= 4 is 34.4 Å². The average molecular weight is 461 g/mol. The van der Waals surface area contributed by atoms with Gasteiger partial charge in [0.15, 0.2) is 0 Å². The number of hydrogen-bond donors (Lipinski definition) is 6. The molecule has 7 N–H and O–H groups in total. The summed E-state index contributed by atoms with van der Waals surface area (Å²) in [5, 5.41) is 13.5. The second-order valence-corrected chi connectivity index (χ2v) is 10.2. The number of rotatable bonds is 10. The molecule has 17 heteroatoms. The van der Waals surface area contributed by atoms with Gasteiger partial charge < -0.3 is 35.2 Å². The van der Waals surface area contributed by atoms with Crippen LogP contribution in [0, 0.1) is 0 Å². The molecule has 3 unspecified atom stereocenters. The van der Waals surface area contributed by atoms with Crippen LogP contribution in [0.15, 0.2) is 24.4 Å². The lowest BCUT2D eigenvalue weighted by atomic mass is 10.2. The van der Waals surface area contributed by atoms with Crippen LogP contribution >= 0.6 is 23.2 Å². The van der Waals surface area contributed by atoms with E-state index in [1.165, 1.54) is 10.7 Å². The highest BCUT2D eigenvalue weighted by Gasteiger charge is 2.40. The first kappa shape index (κ1) is 23.1. The summed E-state index contributed by atoms with van der Waals surface area (Å²) in [5.41, 5.74) is 7.41. The summed E-state index contributed by atoms with van der Waals surface area (Å²) in [6.45, 7) is -0.592. The molecule has 0 radical (unpaired) electrons. The molecule has 2 heterocycles. The lowest BCUT2D eigenvalue weighted by Gasteiger charge is -2.19. The number of nitrogens with two attached hydrogens (primary N) is 1. The number of nitrogen functional groups attached to an aromatic ring is 1. The molecule has 3 atom stereocenters. The molecule has 0 bridgehead atoms. The molecule has 0 spiro atoms. The molecule has 2 aromatic rings. The number of aliphatic hydroxyl groups is 1. The molecule has 0 aliphatic rings. The van der Waals surface area contributed by atoms with Crippen LogP contribution < -0.4 is 5.73 Å². The van der Waals surface area contributed by atoms with E-state index in [-0.39, 0.29) is 6.42 Å². The molecule has 158 valence electrons. The van der Waals surface area contributed by atoms with Gasteiger partial charge in [-0.2, -0.15) is 9.41 Å². The van der Waals surface area contributed by atoms with Gasteiger partial charge in [-0.3, -0.25) is 4.57 Å². The van der Waals surface area contributed by atoms with E-state index in [4.69, 9.17) is 25.2 Å². The maximum absolute atomic E-state index is 11.8. The van der Waals surface area contributed by atoms with Crippen LogP contribution in [0.4, 0.5) is 5.69 Å². The number of aliphatic hydroxyl groups excluding tert-OH is 1. The van der Waals surface area contributed by atoms with E-state index < -0.39 is 42.3 Å². The Morgan fingerprint density at radius 3 is 2.39 bits per heavy atom. The third-order valence-corrected chi connectivity index (χ3v) is 7.22. The predicted molar refractivity (Wildman–Crippen MR) is 94.0 cm³/mol. The number of fused-ring (bicyclic) bond motifs is 1. The molecular formula is C11H18N3O11P3. The first-order chi connectivity index (χ1) is 12.8. The quantitative estimate of drug-likeness (QED) is 0.261. The Morgan fingerprint density at radius 2 is 1.79 bits per heavy atom. The largest absolute Gasteiger partial charge is 0.488 e. The average Bonchev–Trinajstić information content (AvgIpc) is 2.92. The molecule has 0 aliphatic carbocycles. The highest BCUT2D eigenvalue weighted by atomic mass is 31.3. The number of aromatic nitrogens is 2. The summed E-state index contributed by atoms with van der Waals surface area (Å²) < 4.78 is 47.6. The molecule has 2 aromatic heterocycles. The van der Waals surface area contributed by atoms with Gasteiger partial charge in [-0.15, -0.1) is 0 Å². The first-order valence-corrected chi connectivity index (χ1v) is 12.2. The van der Waals surface area contributed by atoms with Crippen molar-refractivity contribution in [3.63, 3.8) is 0 Å². The van der Waals surface area contributed by atoms with Crippen LogP contribution in [0.25, 0.3) is 5.52 Å². The minimum Gasteiger partial charge on any atom is -0.397 e. The van der Waals surface area contributed by atoms with Crippen LogP contribution in [0.1, 0.15) is 5.69 Å². The topological polar surface area (TPSA) is 223 Å². The second kappa shape index (κ2) is 8.70. The van der Waals surface area contributed by atoms with Gasteiger partial charge in [0.25, 0.3) is 0 Å². The molecule has 2 rings (SSSR count). The molecule has 0 aromatic carbocycles. The van der Waals surface area contributed by atoms with Crippen molar-refractivity contribution in [2.75, 3.05) is 18.7 Å². The highest BCUT2D eigenvalue weighted by Crippen LogP contribution is 2.65. The van der Waals surface area contributed by atoms with E-state index in [2.05, 4.69) is 13.7 Å². The van der Waals surface area contributed by atoms with Crippen molar-refractivity contribution in [1.82, 2.24) is 9.61 Å². The van der Waals surface area contributed by atoms with Crippen LogP contribution in [-0.4, -0.2) is 53.4 Å². The summed E-state index contributed by atoms with van der Waals surface area (Å²) in [5.74, 6) is 0. The Morgan fingerprint density at radius 1 is 1.11 bits per heavy atom. The van der Waals surface area contributed by atoms with Gasteiger partial charge in [0.1, 0.15) is 6.35 Å². The lowest BCUT2D eigenvalue weighted by molar-refractivity contribution is 0.0299. The molecule has 14 nitrogen and oxygen atoms in total. The number of ether oxygens (including phenoxy) is 1. The van der Waals surface area contributed by atoms with Crippen LogP contribution in [-0.2, 0) is 33.5 Å². The smallest absolute Gasteiger partial charge is 0.397 e. The van der Waals surface area contributed by atoms with Crippen LogP contribution in [0.2, 0.25) is 0 Å². The fourth-order valence-corrected chi connectivity index (χ4v) is 5.53. The molecule has 0 saturated carbocycles. The molecule has 0 saturated heterocycles. The highest BCUT2D eigenvalue weighted by molar-refractivity contribution is 7.68. The standard InChI is InChI=1S/C11H18N3O11P3/c12-10-3-4-13-14-8(1-2-11(10)14)5-9(6-15)23-7-26(16,17)24-28(21,22)25-27(18,19)20/h1-4,9,15H,5-7,12H2,(H,16,17)(H,21,22)(H2,18,19,20). The Bertz CT molecular complexity index is 973. The van der Waals surface area contributed by atoms with E-state index in [1.807, 2.05) is 0 Å². The Labute approximate surface area is 157 Å². The first-order valence-electron chi connectivity index (χ1n) is 7.38. The lowest BCUT2D eigenvalue weighted by Crippen LogP contribution is -2.22. The molecule has 0 aliphatic heterocycles. The number of nitrogens with zero attached hydrogens (tertiary/aromatic N) is 2. The van der Waals surface area contributed by atoms with Crippen molar-refractivity contribution in [2.45, 2.75) is 12.5 Å². The monoisotopic (exact) mass is 461 g/mol. The van der Waals surface area contributed by atoms with Crippen molar-refractivity contribution < 1.29 is 51.7 Å². The maximum Gasteiger partial charge on any atom is 0.488 e. The third-order valence-electron chi connectivity index (χ3n) is 3.22. The van der Waals surface area contributed by atoms with Crippen molar-refractivity contribution in [3.05, 3.63) is 30.1 Å². The Balaban J connectivity index is 2.02. The van der Waals surface area contributed by atoms with E-state index in [0.29, 0.717) is 16.9 Å². The van der Waals surface area contributed by atoms with Gasteiger partial charge in [0.2, 0.25) is 0 Å². The molecule has 28 heavy (non-hydrogen) atoms. The van der Waals surface area contributed by atoms with Crippen LogP contribution in [0.5, 0.6) is 0 Å². The van der Waals surface area contributed by atoms with Gasteiger partial charge in [0.05, 0.1) is 23.9 Å². The zero-order valence-corrected chi connectivity index (χ0v) is 16.7. The minimum absolute atomic E-state index is 0.0247. The summed E-state index contributed by atoms with van der Waals surface area (Å²) in [6, 6.07) is 4.91. The van der Waals surface area contributed by atoms with Gasteiger partial charge in [-0.25, -0.2) is 18.0 Å². The maximum atomic E-state index is 11.8. The second-order valence-electron chi connectivity index (χ2n) is 5.47. The van der Waals surface area contributed by atoms with E-state index in [0.717, 1.165) is 0 Å². The number of anilines is 1. The van der Waals surface area contributed by atoms with E-state index in [9.17, 15) is 23.7 Å². The van der Waals surface area contributed by atoms with Crippen molar-refractivity contribution in [3.8, 4) is 0 Å². The minimum atomic E-state index is -5.55. The van der Waals surface area contributed by atoms with E-state index in [1.54, 1.807) is 18.2 Å². The third kappa shape index (κ3) is 6.73. The molecule has 0 fully saturated rings. The van der Waals surface area contributed by atoms with Gasteiger partial charge in [-0.05, 0) is 18.2 Å². The van der Waals surface area contributed by atoms with Crippen molar-refractivity contribution in [1.29, 1.82) is 0 Å². The summed E-state index contributed by atoms with van der Waals surface area (Å²) >= 11 is 0.